The van der Waals surface area contributed by atoms with Gasteiger partial charge in [0.05, 0.1) is 25.5 Å². The maximum absolute atomic E-state index is 5.37. The predicted molar refractivity (Wildman–Crippen MR) is 80.1 cm³/mol. The Morgan fingerprint density at radius 3 is 2.65 bits per heavy atom. The third kappa shape index (κ3) is 3.11. The lowest BCUT2D eigenvalue weighted by atomic mass is 10.2. The van der Waals surface area contributed by atoms with Gasteiger partial charge in [0.1, 0.15) is 0 Å². The van der Waals surface area contributed by atoms with E-state index < -0.39 is 0 Å². The zero-order valence-electron chi connectivity index (χ0n) is 11.7. The molecular formula is C15H20N4O. The molecule has 0 saturated carbocycles. The molecule has 0 radical (unpaired) electrons. The summed E-state index contributed by atoms with van der Waals surface area (Å²) in [5.74, 6) is 0. The van der Waals surface area contributed by atoms with Crippen LogP contribution in [0, 0.1) is 6.92 Å². The molecule has 2 aromatic rings. The highest BCUT2D eigenvalue weighted by Gasteiger charge is 2.10. The minimum atomic E-state index is 0.737. The van der Waals surface area contributed by atoms with Gasteiger partial charge in [-0.1, -0.05) is 0 Å². The summed E-state index contributed by atoms with van der Waals surface area (Å²) in [6.07, 6.45) is 0. The van der Waals surface area contributed by atoms with E-state index in [1.807, 2.05) is 6.92 Å². The van der Waals surface area contributed by atoms with Gasteiger partial charge in [-0.05, 0) is 37.3 Å². The molecule has 3 rings (SSSR count). The first-order valence-electron chi connectivity index (χ1n) is 6.99. The van der Waals surface area contributed by atoms with Crippen molar-refractivity contribution in [3.8, 4) is 0 Å². The number of anilines is 2. The van der Waals surface area contributed by atoms with Crippen molar-refractivity contribution in [3.63, 3.8) is 0 Å². The van der Waals surface area contributed by atoms with E-state index >= 15 is 0 Å². The summed E-state index contributed by atoms with van der Waals surface area (Å²) < 4.78 is 5.37. The molecule has 2 N–H and O–H groups in total. The Balaban J connectivity index is 1.58. The van der Waals surface area contributed by atoms with Gasteiger partial charge in [-0.15, -0.1) is 0 Å². The van der Waals surface area contributed by atoms with Gasteiger partial charge < -0.3 is 15.0 Å². The van der Waals surface area contributed by atoms with E-state index in [0.29, 0.717) is 0 Å². The number of hydrogen-bond acceptors (Lipinski definition) is 4. The summed E-state index contributed by atoms with van der Waals surface area (Å²) in [6.45, 7) is 6.32. The number of aromatic amines is 1. The number of nitrogens with one attached hydrogen (secondary N) is 2. The Morgan fingerprint density at radius 2 is 2.00 bits per heavy atom. The first-order valence-corrected chi connectivity index (χ1v) is 6.99. The highest BCUT2D eigenvalue weighted by atomic mass is 16.5. The fraction of sp³-hybridized carbons (Fsp3) is 0.400. The van der Waals surface area contributed by atoms with Crippen LogP contribution in [0.1, 0.15) is 11.4 Å². The largest absolute Gasteiger partial charge is 0.379 e. The van der Waals surface area contributed by atoms with Gasteiger partial charge in [0.15, 0.2) is 0 Å². The Bertz CT molecular complexity index is 543. The molecule has 0 bridgehead atoms. The molecule has 1 aliphatic rings. The fourth-order valence-electron chi connectivity index (χ4n) is 2.37. The molecule has 5 nitrogen and oxygen atoms in total. The van der Waals surface area contributed by atoms with Crippen LogP contribution >= 0.6 is 0 Å². The number of ether oxygens (including phenoxy) is 1. The molecule has 20 heavy (non-hydrogen) atoms. The third-order valence-electron chi connectivity index (χ3n) is 3.48. The van der Waals surface area contributed by atoms with Crippen molar-refractivity contribution in [1.82, 2.24) is 10.2 Å². The number of hydrogen-bond donors (Lipinski definition) is 2. The lowest BCUT2D eigenvalue weighted by molar-refractivity contribution is 0.122. The van der Waals surface area contributed by atoms with Gasteiger partial charge >= 0.3 is 0 Å². The molecule has 0 atom stereocenters. The number of benzene rings is 1. The van der Waals surface area contributed by atoms with Crippen LogP contribution in [0.25, 0.3) is 0 Å². The molecule has 1 fully saturated rings. The van der Waals surface area contributed by atoms with Crippen molar-refractivity contribution >= 4 is 11.4 Å². The Morgan fingerprint density at radius 1 is 1.25 bits per heavy atom. The topological polar surface area (TPSA) is 53.2 Å². The molecule has 0 amide bonds. The SMILES string of the molecule is Cc1cc(CNc2ccc(N3CCOCC3)cc2)n[nH]1. The monoisotopic (exact) mass is 272 g/mol. The van der Waals surface area contributed by atoms with Crippen LogP contribution in [0.15, 0.2) is 30.3 Å². The number of aromatic nitrogens is 2. The summed E-state index contributed by atoms with van der Waals surface area (Å²) in [5, 5.41) is 10.5. The third-order valence-corrected chi connectivity index (χ3v) is 3.48. The standard InChI is InChI=1S/C15H20N4O/c1-12-10-14(18-17-12)11-16-13-2-4-15(5-3-13)19-6-8-20-9-7-19/h2-5,10,16H,6-9,11H2,1H3,(H,17,18). The van der Waals surface area contributed by atoms with E-state index in [1.165, 1.54) is 5.69 Å². The first-order chi connectivity index (χ1) is 9.81. The Labute approximate surface area is 118 Å². The van der Waals surface area contributed by atoms with Gasteiger partial charge in [-0.3, -0.25) is 5.10 Å². The van der Waals surface area contributed by atoms with Crippen molar-refractivity contribution in [1.29, 1.82) is 0 Å². The summed E-state index contributed by atoms with van der Waals surface area (Å²) in [5.41, 5.74) is 4.49. The van der Waals surface area contributed by atoms with Crippen LogP contribution in [-0.4, -0.2) is 36.5 Å². The average Bonchev–Trinajstić information content (AvgIpc) is 2.92. The normalized spacial score (nSPS) is 15.3. The highest BCUT2D eigenvalue weighted by molar-refractivity contribution is 5.55. The molecule has 0 spiro atoms. The summed E-state index contributed by atoms with van der Waals surface area (Å²) in [4.78, 5) is 2.35. The van der Waals surface area contributed by atoms with Crippen molar-refractivity contribution in [2.24, 2.45) is 0 Å². The number of rotatable bonds is 4. The molecular weight excluding hydrogens is 252 g/mol. The van der Waals surface area contributed by atoms with E-state index in [4.69, 9.17) is 4.74 Å². The van der Waals surface area contributed by atoms with Gasteiger partial charge in [0, 0.05) is 30.2 Å². The zero-order valence-corrected chi connectivity index (χ0v) is 11.7. The van der Waals surface area contributed by atoms with E-state index in [1.54, 1.807) is 0 Å². The van der Waals surface area contributed by atoms with E-state index in [2.05, 4.69) is 50.7 Å². The van der Waals surface area contributed by atoms with Crippen molar-refractivity contribution < 1.29 is 4.74 Å². The summed E-state index contributed by atoms with van der Waals surface area (Å²) in [7, 11) is 0. The predicted octanol–water partition coefficient (Wildman–Crippen LogP) is 2.17. The Kier molecular flexibility index (Phi) is 3.87. The molecule has 1 aliphatic heterocycles. The molecule has 5 heteroatoms. The van der Waals surface area contributed by atoms with Gasteiger partial charge in [0.25, 0.3) is 0 Å². The minimum Gasteiger partial charge on any atom is -0.379 e. The lowest BCUT2D eigenvalue weighted by Crippen LogP contribution is -2.36. The average molecular weight is 272 g/mol. The fourth-order valence-corrected chi connectivity index (χ4v) is 2.37. The quantitative estimate of drug-likeness (QED) is 0.895. The van der Waals surface area contributed by atoms with Crippen LogP contribution in [0.5, 0.6) is 0 Å². The highest BCUT2D eigenvalue weighted by Crippen LogP contribution is 2.19. The van der Waals surface area contributed by atoms with Crippen molar-refractivity contribution in [2.75, 3.05) is 36.5 Å². The second kappa shape index (κ2) is 5.96. The molecule has 1 aromatic heterocycles. The van der Waals surface area contributed by atoms with E-state index in [9.17, 15) is 0 Å². The summed E-state index contributed by atoms with van der Waals surface area (Å²) in [6, 6.07) is 10.6. The maximum Gasteiger partial charge on any atom is 0.0815 e. The molecule has 0 unspecified atom stereocenters. The van der Waals surface area contributed by atoms with Crippen molar-refractivity contribution in [3.05, 3.63) is 41.7 Å². The van der Waals surface area contributed by atoms with Crippen LogP contribution in [0.4, 0.5) is 11.4 Å². The molecule has 2 heterocycles. The van der Waals surface area contributed by atoms with E-state index in [-0.39, 0.29) is 0 Å². The molecule has 106 valence electrons. The van der Waals surface area contributed by atoms with Crippen LogP contribution in [0.2, 0.25) is 0 Å². The molecule has 1 aromatic carbocycles. The lowest BCUT2D eigenvalue weighted by Gasteiger charge is -2.28. The molecule has 1 saturated heterocycles. The minimum absolute atomic E-state index is 0.737. The summed E-state index contributed by atoms with van der Waals surface area (Å²) >= 11 is 0. The van der Waals surface area contributed by atoms with Gasteiger partial charge in [-0.2, -0.15) is 5.10 Å². The van der Waals surface area contributed by atoms with Crippen molar-refractivity contribution in [2.45, 2.75) is 13.5 Å². The smallest absolute Gasteiger partial charge is 0.0815 e. The van der Waals surface area contributed by atoms with Crippen LogP contribution in [-0.2, 0) is 11.3 Å². The number of H-pyrrole nitrogens is 1. The first kappa shape index (κ1) is 13.0. The van der Waals surface area contributed by atoms with Crippen LogP contribution in [0.3, 0.4) is 0 Å². The van der Waals surface area contributed by atoms with Gasteiger partial charge in [0.2, 0.25) is 0 Å². The second-order valence-electron chi connectivity index (χ2n) is 5.04. The number of nitrogens with zero attached hydrogens (tertiary/aromatic N) is 2. The second-order valence-corrected chi connectivity index (χ2v) is 5.04. The molecule has 0 aliphatic carbocycles. The van der Waals surface area contributed by atoms with Gasteiger partial charge in [-0.25, -0.2) is 0 Å². The van der Waals surface area contributed by atoms with Crippen LogP contribution < -0.4 is 10.2 Å². The van der Waals surface area contributed by atoms with E-state index in [0.717, 1.165) is 49.9 Å². The number of aryl methyl sites for hydroxylation is 1. The zero-order chi connectivity index (χ0) is 13.8. The number of morpholine rings is 1. The maximum atomic E-state index is 5.37. The Hall–Kier alpha value is -2.01.